The third-order valence-electron chi connectivity index (χ3n) is 2.82. The van der Waals surface area contributed by atoms with Crippen LogP contribution in [0, 0.1) is 5.41 Å². The van der Waals surface area contributed by atoms with E-state index in [1.165, 1.54) is 19.9 Å². The molecular formula is C14H34N2O. The van der Waals surface area contributed by atoms with Gasteiger partial charge in [-0.3, -0.25) is 0 Å². The summed E-state index contributed by atoms with van der Waals surface area (Å²) < 4.78 is 0. The standard InChI is InChI=1S/C11H23NO.C2H6.CH5N/c1-10(2)5-7-12(8-6-10)9-11(3,4)13;2*1-2/h13H,5-9H2,1-4H3;1-2H3;2H2,1H3. The third kappa shape index (κ3) is 10.7. The topological polar surface area (TPSA) is 49.5 Å². The first-order valence-electron chi connectivity index (χ1n) is 6.81. The smallest absolute Gasteiger partial charge is 0.0718 e. The quantitative estimate of drug-likeness (QED) is 0.787. The number of hydrogen-bond acceptors (Lipinski definition) is 3. The number of likely N-dealkylation sites (tertiary alicyclic amines) is 1. The number of hydrogen-bond donors (Lipinski definition) is 2. The van der Waals surface area contributed by atoms with Crippen LogP contribution in [-0.4, -0.2) is 42.3 Å². The second-order valence-electron chi connectivity index (χ2n) is 5.75. The Bertz CT molecular complexity index is 164. The molecule has 0 bridgehead atoms. The molecule has 0 aromatic heterocycles. The van der Waals surface area contributed by atoms with Crippen molar-refractivity contribution in [1.29, 1.82) is 0 Å². The Kier molecular flexibility index (Phi) is 10.1. The van der Waals surface area contributed by atoms with E-state index in [9.17, 15) is 5.11 Å². The van der Waals surface area contributed by atoms with Crippen molar-refractivity contribution in [3.05, 3.63) is 0 Å². The summed E-state index contributed by atoms with van der Waals surface area (Å²) in [5.41, 5.74) is 4.47. The number of rotatable bonds is 2. The Hall–Kier alpha value is -0.120. The van der Waals surface area contributed by atoms with Crippen molar-refractivity contribution < 1.29 is 5.11 Å². The lowest BCUT2D eigenvalue weighted by Gasteiger charge is -2.39. The molecule has 3 N–H and O–H groups in total. The summed E-state index contributed by atoms with van der Waals surface area (Å²) in [5, 5.41) is 9.66. The average Bonchev–Trinajstić information content (AvgIpc) is 2.25. The fourth-order valence-corrected chi connectivity index (χ4v) is 1.86. The Labute approximate surface area is 108 Å². The molecule has 3 heteroatoms. The highest BCUT2D eigenvalue weighted by Gasteiger charge is 2.27. The summed E-state index contributed by atoms with van der Waals surface area (Å²) in [6.07, 6.45) is 2.51. The summed E-state index contributed by atoms with van der Waals surface area (Å²) >= 11 is 0. The lowest BCUT2D eigenvalue weighted by Crippen LogP contribution is -2.44. The molecule has 1 heterocycles. The van der Waals surface area contributed by atoms with E-state index in [1.54, 1.807) is 0 Å². The normalized spacial score (nSPS) is 19.6. The van der Waals surface area contributed by atoms with Crippen LogP contribution in [0.5, 0.6) is 0 Å². The molecule has 0 radical (unpaired) electrons. The molecule has 1 aliphatic heterocycles. The van der Waals surface area contributed by atoms with Crippen molar-refractivity contribution in [2.24, 2.45) is 11.1 Å². The second kappa shape index (κ2) is 8.90. The van der Waals surface area contributed by atoms with Gasteiger partial charge in [-0.05, 0) is 52.2 Å². The van der Waals surface area contributed by atoms with Gasteiger partial charge in [-0.2, -0.15) is 0 Å². The molecule has 106 valence electrons. The van der Waals surface area contributed by atoms with Gasteiger partial charge in [-0.25, -0.2) is 0 Å². The molecule has 0 aromatic rings. The van der Waals surface area contributed by atoms with Gasteiger partial charge >= 0.3 is 0 Å². The summed E-state index contributed by atoms with van der Waals surface area (Å²) in [6.45, 7) is 15.5. The maximum absolute atomic E-state index is 9.66. The van der Waals surface area contributed by atoms with Crippen molar-refractivity contribution in [2.75, 3.05) is 26.7 Å². The molecule has 1 aliphatic rings. The van der Waals surface area contributed by atoms with Crippen LogP contribution in [-0.2, 0) is 0 Å². The molecule has 0 atom stereocenters. The number of piperidine rings is 1. The van der Waals surface area contributed by atoms with Gasteiger partial charge in [0, 0.05) is 6.54 Å². The van der Waals surface area contributed by atoms with Crippen molar-refractivity contribution in [1.82, 2.24) is 4.90 Å². The number of aliphatic hydroxyl groups is 1. The monoisotopic (exact) mass is 246 g/mol. The minimum Gasteiger partial charge on any atom is -0.389 e. The predicted octanol–water partition coefficient (Wildman–Crippen LogP) is 2.48. The van der Waals surface area contributed by atoms with Gasteiger partial charge < -0.3 is 15.7 Å². The minimum atomic E-state index is -0.540. The molecule has 0 aromatic carbocycles. The van der Waals surface area contributed by atoms with Gasteiger partial charge in [0.1, 0.15) is 0 Å². The van der Waals surface area contributed by atoms with Crippen molar-refractivity contribution in [3.63, 3.8) is 0 Å². The molecule has 1 rings (SSSR count). The van der Waals surface area contributed by atoms with Crippen molar-refractivity contribution >= 4 is 0 Å². The fourth-order valence-electron chi connectivity index (χ4n) is 1.86. The molecule has 1 saturated heterocycles. The lowest BCUT2D eigenvalue weighted by molar-refractivity contribution is 0.0157. The third-order valence-corrected chi connectivity index (χ3v) is 2.82. The summed E-state index contributed by atoms with van der Waals surface area (Å²) in [5.74, 6) is 0. The van der Waals surface area contributed by atoms with E-state index in [0.717, 1.165) is 19.6 Å². The first-order valence-corrected chi connectivity index (χ1v) is 6.81. The van der Waals surface area contributed by atoms with Gasteiger partial charge in [0.15, 0.2) is 0 Å². The van der Waals surface area contributed by atoms with Crippen LogP contribution in [0.15, 0.2) is 0 Å². The van der Waals surface area contributed by atoms with Crippen molar-refractivity contribution in [2.45, 2.75) is 60.0 Å². The minimum absolute atomic E-state index is 0.510. The van der Waals surface area contributed by atoms with Crippen LogP contribution >= 0.6 is 0 Å². The number of nitrogens with two attached hydrogens (primary N) is 1. The first kappa shape index (κ1) is 19.2. The van der Waals surface area contributed by atoms with E-state index < -0.39 is 5.60 Å². The largest absolute Gasteiger partial charge is 0.389 e. The second-order valence-corrected chi connectivity index (χ2v) is 5.75. The van der Waals surface area contributed by atoms with Crippen LogP contribution in [0.25, 0.3) is 0 Å². The maximum atomic E-state index is 9.66. The molecule has 1 fully saturated rings. The molecular weight excluding hydrogens is 212 g/mol. The average molecular weight is 246 g/mol. The summed E-state index contributed by atoms with van der Waals surface area (Å²) in [4.78, 5) is 2.37. The van der Waals surface area contributed by atoms with E-state index in [-0.39, 0.29) is 0 Å². The zero-order chi connectivity index (χ0) is 14.1. The highest BCUT2D eigenvalue weighted by atomic mass is 16.3. The van der Waals surface area contributed by atoms with E-state index in [2.05, 4.69) is 24.5 Å². The lowest BCUT2D eigenvalue weighted by atomic mass is 9.82. The van der Waals surface area contributed by atoms with Gasteiger partial charge in [-0.15, -0.1) is 0 Å². The predicted molar refractivity (Wildman–Crippen MR) is 77.2 cm³/mol. The van der Waals surface area contributed by atoms with Gasteiger partial charge in [0.25, 0.3) is 0 Å². The molecule has 0 saturated carbocycles. The molecule has 3 nitrogen and oxygen atoms in total. The first-order chi connectivity index (χ1) is 7.79. The molecule has 0 unspecified atom stereocenters. The highest BCUT2D eigenvalue weighted by molar-refractivity contribution is 4.81. The van der Waals surface area contributed by atoms with Crippen LogP contribution < -0.4 is 5.73 Å². The van der Waals surface area contributed by atoms with Gasteiger partial charge in [0.05, 0.1) is 5.60 Å². The van der Waals surface area contributed by atoms with E-state index in [0.29, 0.717) is 5.41 Å². The van der Waals surface area contributed by atoms with E-state index in [1.807, 2.05) is 27.7 Å². The van der Waals surface area contributed by atoms with Crippen LogP contribution in [0.2, 0.25) is 0 Å². The Morgan fingerprint density at radius 3 is 1.76 bits per heavy atom. The van der Waals surface area contributed by atoms with Crippen LogP contribution in [0.4, 0.5) is 0 Å². The van der Waals surface area contributed by atoms with Crippen LogP contribution in [0.3, 0.4) is 0 Å². The Balaban J connectivity index is 0. The van der Waals surface area contributed by atoms with Crippen LogP contribution in [0.1, 0.15) is 54.4 Å². The molecule has 0 spiro atoms. The highest BCUT2D eigenvalue weighted by Crippen LogP contribution is 2.30. The molecule has 0 amide bonds. The fraction of sp³-hybridized carbons (Fsp3) is 1.00. The Morgan fingerprint density at radius 2 is 1.47 bits per heavy atom. The van der Waals surface area contributed by atoms with Crippen molar-refractivity contribution in [3.8, 4) is 0 Å². The number of β-amino-alcohol motifs (C(OH)–C–C–N with tert-alkyl or cyclic N) is 1. The SMILES string of the molecule is CC.CC(C)(O)CN1CCC(C)(C)CC1.CN. The summed E-state index contributed by atoms with van der Waals surface area (Å²) in [7, 11) is 1.50. The Morgan fingerprint density at radius 1 is 1.12 bits per heavy atom. The number of nitrogens with zero attached hydrogens (tertiary/aromatic N) is 1. The molecule has 17 heavy (non-hydrogen) atoms. The maximum Gasteiger partial charge on any atom is 0.0718 e. The zero-order valence-electron chi connectivity index (χ0n) is 13.0. The molecule has 0 aliphatic carbocycles. The van der Waals surface area contributed by atoms with Gasteiger partial charge in [0.2, 0.25) is 0 Å². The van der Waals surface area contributed by atoms with E-state index >= 15 is 0 Å². The van der Waals surface area contributed by atoms with E-state index in [4.69, 9.17) is 0 Å². The zero-order valence-corrected chi connectivity index (χ0v) is 13.0. The summed E-state index contributed by atoms with van der Waals surface area (Å²) in [6, 6.07) is 0. The van der Waals surface area contributed by atoms with Gasteiger partial charge in [-0.1, -0.05) is 27.7 Å².